The van der Waals surface area contributed by atoms with Crippen LogP contribution in [0.1, 0.15) is 25.0 Å². The van der Waals surface area contributed by atoms with Crippen LogP contribution in [0.5, 0.6) is 0 Å². The summed E-state index contributed by atoms with van der Waals surface area (Å²) in [6, 6.07) is 6.13. The van der Waals surface area contributed by atoms with Crippen LogP contribution in [0.2, 0.25) is 0 Å². The second-order valence-electron chi connectivity index (χ2n) is 5.98. The molecule has 0 atom stereocenters. The number of fused-ring (bicyclic) bond motifs is 1. The summed E-state index contributed by atoms with van der Waals surface area (Å²) in [6.07, 6.45) is 5.94. The van der Waals surface area contributed by atoms with Crippen LogP contribution in [0.15, 0.2) is 24.4 Å². The largest absolute Gasteiger partial charge is 0.371 e. The van der Waals surface area contributed by atoms with E-state index in [1.165, 1.54) is 38.0 Å². The number of rotatable bonds is 4. The first-order valence-corrected chi connectivity index (χ1v) is 7.90. The molecule has 0 radical (unpaired) electrons. The first-order valence-electron chi connectivity index (χ1n) is 7.90. The molecule has 1 aliphatic heterocycles. The highest BCUT2D eigenvalue weighted by Crippen LogP contribution is 2.23. The van der Waals surface area contributed by atoms with Crippen LogP contribution in [0, 0.1) is 6.92 Å². The number of aromatic nitrogens is 2. The van der Waals surface area contributed by atoms with E-state index in [9.17, 15) is 0 Å². The van der Waals surface area contributed by atoms with Gasteiger partial charge in [-0.2, -0.15) is 0 Å². The zero-order chi connectivity index (χ0) is 14.7. The minimum absolute atomic E-state index is 0.984. The predicted molar refractivity (Wildman–Crippen MR) is 87.8 cm³/mol. The fourth-order valence-corrected chi connectivity index (χ4v) is 3.06. The third-order valence-corrected chi connectivity index (χ3v) is 4.28. The third kappa shape index (κ3) is 3.32. The summed E-state index contributed by atoms with van der Waals surface area (Å²) >= 11 is 0. The van der Waals surface area contributed by atoms with Crippen LogP contribution in [0.3, 0.4) is 0 Å². The highest BCUT2D eigenvalue weighted by atomic mass is 15.2. The van der Waals surface area contributed by atoms with Crippen molar-refractivity contribution >= 4 is 16.7 Å². The van der Waals surface area contributed by atoms with Crippen molar-refractivity contribution in [3.63, 3.8) is 0 Å². The molecule has 0 spiro atoms. The van der Waals surface area contributed by atoms with E-state index in [2.05, 4.69) is 39.8 Å². The monoisotopic (exact) mass is 284 g/mol. The molecule has 112 valence electrons. The molecule has 1 fully saturated rings. The molecule has 0 saturated carbocycles. The summed E-state index contributed by atoms with van der Waals surface area (Å²) in [5, 5.41) is 0. The summed E-state index contributed by atoms with van der Waals surface area (Å²) in [5.74, 6) is 0. The summed E-state index contributed by atoms with van der Waals surface area (Å²) in [7, 11) is 2.16. The van der Waals surface area contributed by atoms with Gasteiger partial charge in [-0.15, -0.1) is 0 Å². The second-order valence-corrected chi connectivity index (χ2v) is 5.98. The molecule has 0 unspecified atom stereocenters. The molecule has 2 aromatic rings. The van der Waals surface area contributed by atoms with Crippen molar-refractivity contribution in [3.05, 3.63) is 30.1 Å². The van der Waals surface area contributed by atoms with Crippen molar-refractivity contribution in [2.75, 3.05) is 38.1 Å². The Bertz CT molecular complexity index is 605. The first kappa shape index (κ1) is 14.3. The quantitative estimate of drug-likeness (QED) is 0.864. The molecular formula is C17H24N4. The Morgan fingerprint density at radius 2 is 2.05 bits per heavy atom. The van der Waals surface area contributed by atoms with Crippen molar-refractivity contribution in [2.24, 2.45) is 0 Å². The van der Waals surface area contributed by atoms with Gasteiger partial charge in [0.25, 0.3) is 0 Å². The Morgan fingerprint density at radius 1 is 1.24 bits per heavy atom. The normalized spacial score (nSPS) is 16.3. The molecule has 2 aromatic heterocycles. The smallest absolute Gasteiger partial charge is 0.112 e. The van der Waals surface area contributed by atoms with E-state index in [4.69, 9.17) is 0 Å². The third-order valence-electron chi connectivity index (χ3n) is 4.28. The van der Waals surface area contributed by atoms with E-state index in [1.807, 2.05) is 18.3 Å². The standard InChI is InChI=1S/C17H24N4/c1-14-13-16(17-15(19-14)7-6-8-18-17)20(2)11-12-21-9-4-3-5-10-21/h6-8,13H,3-5,9-12H2,1-2H3. The average Bonchev–Trinajstić information content (AvgIpc) is 2.52. The number of anilines is 1. The maximum absolute atomic E-state index is 4.57. The molecule has 0 N–H and O–H groups in total. The van der Waals surface area contributed by atoms with E-state index in [0.29, 0.717) is 0 Å². The Hall–Kier alpha value is -1.68. The molecule has 1 saturated heterocycles. The molecule has 0 aliphatic carbocycles. The topological polar surface area (TPSA) is 32.3 Å². The fourth-order valence-electron chi connectivity index (χ4n) is 3.06. The van der Waals surface area contributed by atoms with Gasteiger partial charge in [-0.25, -0.2) is 0 Å². The van der Waals surface area contributed by atoms with Crippen molar-refractivity contribution < 1.29 is 0 Å². The van der Waals surface area contributed by atoms with Crippen LogP contribution >= 0.6 is 0 Å². The van der Waals surface area contributed by atoms with E-state index < -0.39 is 0 Å². The van der Waals surface area contributed by atoms with Gasteiger partial charge >= 0.3 is 0 Å². The molecule has 0 amide bonds. The maximum atomic E-state index is 4.57. The molecule has 3 rings (SSSR count). The van der Waals surface area contributed by atoms with Gasteiger partial charge in [-0.3, -0.25) is 9.97 Å². The average molecular weight is 284 g/mol. The highest BCUT2D eigenvalue weighted by Gasteiger charge is 2.13. The molecule has 4 nitrogen and oxygen atoms in total. The number of hydrogen-bond acceptors (Lipinski definition) is 4. The van der Waals surface area contributed by atoms with Gasteiger partial charge in [0.15, 0.2) is 0 Å². The summed E-state index contributed by atoms with van der Waals surface area (Å²) in [5.41, 5.74) is 4.23. The van der Waals surface area contributed by atoms with Crippen LogP contribution < -0.4 is 4.90 Å². The van der Waals surface area contributed by atoms with Crippen LogP contribution in [-0.2, 0) is 0 Å². The highest BCUT2D eigenvalue weighted by molar-refractivity contribution is 5.87. The van der Waals surface area contributed by atoms with E-state index in [0.717, 1.165) is 29.8 Å². The number of likely N-dealkylation sites (tertiary alicyclic amines) is 1. The van der Waals surface area contributed by atoms with Crippen molar-refractivity contribution in [1.82, 2.24) is 14.9 Å². The minimum atomic E-state index is 0.984. The summed E-state index contributed by atoms with van der Waals surface area (Å²) in [4.78, 5) is 14.0. The van der Waals surface area contributed by atoms with Gasteiger partial charge in [-0.05, 0) is 51.1 Å². The zero-order valence-corrected chi connectivity index (χ0v) is 13.0. The van der Waals surface area contributed by atoms with E-state index in [1.54, 1.807) is 0 Å². The lowest BCUT2D eigenvalue weighted by atomic mass is 10.1. The molecule has 1 aliphatic rings. The number of piperidine rings is 1. The van der Waals surface area contributed by atoms with Gasteiger partial charge < -0.3 is 9.80 Å². The fraction of sp³-hybridized carbons (Fsp3) is 0.529. The Labute approximate surface area is 126 Å². The molecule has 3 heterocycles. The van der Waals surface area contributed by atoms with Crippen molar-refractivity contribution in [1.29, 1.82) is 0 Å². The van der Waals surface area contributed by atoms with Gasteiger partial charge in [0.05, 0.1) is 11.2 Å². The molecule has 0 bridgehead atoms. The minimum Gasteiger partial charge on any atom is -0.371 e. The number of pyridine rings is 2. The van der Waals surface area contributed by atoms with Crippen LogP contribution in [0.4, 0.5) is 5.69 Å². The zero-order valence-electron chi connectivity index (χ0n) is 13.0. The number of aryl methyl sites for hydroxylation is 1. The van der Waals surface area contributed by atoms with Crippen LogP contribution in [-0.4, -0.2) is 48.1 Å². The van der Waals surface area contributed by atoms with Crippen LogP contribution in [0.25, 0.3) is 11.0 Å². The molecular weight excluding hydrogens is 260 g/mol. The summed E-state index contributed by atoms with van der Waals surface area (Å²) < 4.78 is 0. The number of likely N-dealkylation sites (N-methyl/N-ethyl adjacent to an activating group) is 1. The molecule has 21 heavy (non-hydrogen) atoms. The lowest BCUT2D eigenvalue weighted by Crippen LogP contribution is -2.36. The van der Waals surface area contributed by atoms with Gasteiger partial charge in [-0.1, -0.05) is 6.42 Å². The maximum Gasteiger partial charge on any atom is 0.112 e. The van der Waals surface area contributed by atoms with E-state index >= 15 is 0 Å². The predicted octanol–water partition coefficient (Wildman–Crippen LogP) is 2.86. The van der Waals surface area contributed by atoms with Crippen molar-refractivity contribution in [3.8, 4) is 0 Å². The Kier molecular flexibility index (Phi) is 4.34. The second kappa shape index (κ2) is 6.39. The lowest BCUT2D eigenvalue weighted by molar-refractivity contribution is 0.234. The first-order chi connectivity index (χ1) is 10.2. The van der Waals surface area contributed by atoms with Gasteiger partial charge in [0.1, 0.15) is 5.52 Å². The Morgan fingerprint density at radius 3 is 2.86 bits per heavy atom. The SMILES string of the molecule is Cc1cc(N(C)CCN2CCCCC2)c2ncccc2n1. The lowest BCUT2D eigenvalue weighted by Gasteiger charge is -2.29. The number of nitrogens with zero attached hydrogens (tertiary/aromatic N) is 4. The van der Waals surface area contributed by atoms with Gasteiger partial charge in [0.2, 0.25) is 0 Å². The van der Waals surface area contributed by atoms with Gasteiger partial charge in [0, 0.05) is 32.0 Å². The molecule has 4 heteroatoms. The molecule has 0 aromatic carbocycles. The van der Waals surface area contributed by atoms with Crippen molar-refractivity contribution in [2.45, 2.75) is 26.2 Å². The Balaban J connectivity index is 1.75. The number of hydrogen-bond donors (Lipinski definition) is 0. The van der Waals surface area contributed by atoms with E-state index in [-0.39, 0.29) is 0 Å². The summed E-state index contributed by atoms with van der Waals surface area (Å²) in [6.45, 7) is 6.72.